The van der Waals surface area contributed by atoms with Crippen LogP contribution in [0.3, 0.4) is 0 Å². The van der Waals surface area contributed by atoms with E-state index in [-0.39, 0.29) is 6.79 Å². The highest BCUT2D eigenvalue weighted by Crippen LogP contribution is 2.42. The molecule has 2 rings (SSSR count). The maximum absolute atomic E-state index is 5.42. The van der Waals surface area contributed by atoms with E-state index in [4.69, 9.17) is 14.2 Å². The quantitative estimate of drug-likeness (QED) is 0.842. The zero-order valence-electron chi connectivity index (χ0n) is 11.3. The van der Waals surface area contributed by atoms with E-state index >= 15 is 0 Å². The molecule has 0 spiro atoms. The molecular weight excluding hydrogens is 230 g/mol. The van der Waals surface area contributed by atoms with E-state index in [0.29, 0.717) is 6.04 Å². The number of benzene rings is 1. The molecule has 0 saturated heterocycles. The summed E-state index contributed by atoms with van der Waals surface area (Å²) >= 11 is 0. The van der Waals surface area contributed by atoms with Crippen LogP contribution >= 0.6 is 0 Å². The van der Waals surface area contributed by atoms with Crippen molar-refractivity contribution in [2.75, 3.05) is 20.4 Å². The SMILES string of the molecule is CCNC(C)CCc1cc(OC)c2c(c1)OCO2. The molecule has 18 heavy (non-hydrogen) atoms. The maximum Gasteiger partial charge on any atom is 0.231 e. The topological polar surface area (TPSA) is 39.7 Å². The Morgan fingerprint density at radius 2 is 2.22 bits per heavy atom. The van der Waals surface area contributed by atoms with Crippen LogP contribution in [0, 0.1) is 0 Å². The van der Waals surface area contributed by atoms with E-state index in [1.807, 2.05) is 12.1 Å². The molecule has 0 saturated carbocycles. The summed E-state index contributed by atoms with van der Waals surface area (Å²) in [6, 6.07) is 4.60. The second-order valence-electron chi connectivity index (χ2n) is 4.53. The van der Waals surface area contributed by atoms with Crippen molar-refractivity contribution < 1.29 is 14.2 Å². The van der Waals surface area contributed by atoms with Crippen LogP contribution in [0.15, 0.2) is 12.1 Å². The Labute approximate surface area is 108 Å². The van der Waals surface area contributed by atoms with Gasteiger partial charge in [-0.15, -0.1) is 0 Å². The minimum absolute atomic E-state index is 0.281. The first-order chi connectivity index (χ1) is 8.74. The number of hydrogen-bond acceptors (Lipinski definition) is 4. The van der Waals surface area contributed by atoms with Crippen molar-refractivity contribution in [1.29, 1.82) is 0 Å². The normalized spacial score (nSPS) is 14.6. The van der Waals surface area contributed by atoms with Gasteiger partial charge < -0.3 is 19.5 Å². The van der Waals surface area contributed by atoms with Gasteiger partial charge >= 0.3 is 0 Å². The Morgan fingerprint density at radius 3 is 2.94 bits per heavy atom. The Bertz CT molecular complexity index is 406. The summed E-state index contributed by atoms with van der Waals surface area (Å²) in [7, 11) is 1.66. The third-order valence-electron chi connectivity index (χ3n) is 3.14. The lowest BCUT2D eigenvalue weighted by Gasteiger charge is -2.13. The second kappa shape index (κ2) is 5.96. The molecule has 4 nitrogen and oxygen atoms in total. The summed E-state index contributed by atoms with van der Waals surface area (Å²) in [5.41, 5.74) is 1.22. The predicted molar refractivity (Wildman–Crippen MR) is 70.6 cm³/mol. The highest BCUT2D eigenvalue weighted by atomic mass is 16.7. The molecule has 1 aromatic carbocycles. The second-order valence-corrected chi connectivity index (χ2v) is 4.53. The Balaban J connectivity index is 2.05. The van der Waals surface area contributed by atoms with Gasteiger partial charge in [-0.05, 0) is 44.0 Å². The molecule has 1 aliphatic rings. The van der Waals surface area contributed by atoms with Gasteiger partial charge in [0.25, 0.3) is 0 Å². The van der Waals surface area contributed by atoms with Crippen LogP contribution in [0.5, 0.6) is 17.2 Å². The van der Waals surface area contributed by atoms with Gasteiger partial charge in [-0.2, -0.15) is 0 Å². The van der Waals surface area contributed by atoms with E-state index in [1.54, 1.807) is 7.11 Å². The smallest absolute Gasteiger partial charge is 0.231 e. The van der Waals surface area contributed by atoms with Gasteiger partial charge in [0.05, 0.1) is 7.11 Å². The molecular formula is C14H21NO3. The minimum atomic E-state index is 0.281. The monoisotopic (exact) mass is 251 g/mol. The van der Waals surface area contributed by atoms with Gasteiger partial charge in [0.15, 0.2) is 11.5 Å². The number of ether oxygens (including phenoxy) is 3. The van der Waals surface area contributed by atoms with E-state index in [0.717, 1.165) is 36.6 Å². The molecule has 1 atom stereocenters. The zero-order chi connectivity index (χ0) is 13.0. The molecule has 1 heterocycles. The van der Waals surface area contributed by atoms with Gasteiger partial charge in [0, 0.05) is 6.04 Å². The molecule has 0 aromatic heterocycles. The molecule has 0 fully saturated rings. The maximum atomic E-state index is 5.42. The van der Waals surface area contributed by atoms with Crippen LogP contribution in [-0.4, -0.2) is 26.5 Å². The van der Waals surface area contributed by atoms with Crippen molar-refractivity contribution in [1.82, 2.24) is 5.32 Å². The number of aryl methyl sites for hydroxylation is 1. The Hall–Kier alpha value is -1.42. The summed E-state index contributed by atoms with van der Waals surface area (Å²) < 4.78 is 16.1. The molecule has 1 aliphatic heterocycles. The van der Waals surface area contributed by atoms with Crippen LogP contribution < -0.4 is 19.5 Å². The molecule has 1 aromatic rings. The van der Waals surface area contributed by atoms with E-state index in [2.05, 4.69) is 19.2 Å². The van der Waals surface area contributed by atoms with Gasteiger partial charge in [0.2, 0.25) is 12.5 Å². The van der Waals surface area contributed by atoms with Crippen molar-refractivity contribution >= 4 is 0 Å². The lowest BCUT2D eigenvalue weighted by atomic mass is 10.0. The van der Waals surface area contributed by atoms with Crippen LogP contribution in [0.1, 0.15) is 25.8 Å². The van der Waals surface area contributed by atoms with E-state index < -0.39 is 0 Å². The van der Waals surface area contributed by atoms with Crippen LogP contribution in [0.4, 0.5) is 0 Å². The number of rotatable bonds is 6. The third-order valence-corrected chi connectivity index (χ3v) is 3.14. The average molecular weight is 251 g/mol. The molecule has 100 valence electrons. The fraction of sp³-hybridized carbons (Fsp3) is 0.571. The fourth-order valence-corrected chi connectivity index (χ4v) is 2.16. The molecule has 1 unspecified atom stereocenters. The lowest BCUT2D eigenvalue weighted by molar-refractivity contribution is 0.171. The van der Waals surface area contributed by atoms with E-state index in [1.165, 1.54) is 5.56 Å². The molecule has 1 N–H and O–H groups in total. The first kappa shape index (κ1) is 13.0. The van der Waals surface area contributed by atoms with Crippen LogP contribution in [-0.2, 0) is 6.42 Å². The van der Waals surface area contributed by atoms with Gasteiger partial charge in [0.1, 0.15) is 0 Å². The summed E-state index contributed by atoms with van der Waals surface area (Å²) in [6.45, 7) is 5.61. The van der Waals surface area contributed by atoms with Crippen LogP contribution in [0.25, 0.3) is 0 Å². The minimum Gasteiger partial charge on any atom is -0.493 e. The summed E-state index contributed by atoms with van der Waals surface area (Å²) in [5, 5.41) is 3.41. The summed E-state index contributed by atoms with van der Waals surface area (Å²) in [5.74, 6) is 2.28. The van der Waals surface area contributed by atoms with Gasteiger partial charge in [-0.3, -0.25) is 0 Å². The number of nitrogens with one attached hydrogen (secondary N) is 1. The van der Waals surface area contributed by atoms with E-state index in [9.17, 15) is 0 Å². The summed E-state index contributed by atoms with van der Waals surface area (Å²) in [6.07, 6.45) is 2.10. The first-order valence-corrected chi connectivity index (χ1v) is 6.44. The summed E-state index contributed by atoms with van der Waals surface area (Å²) in [4.78, 5) is 0. The Kier molecular flexibility index (Phi) is 4.31. The average Bonchev–Trinajstić information content (AvgIpc) is 2.83. The predicted octanol–water partition coefficient (Wildman–Crippen LogP) is 2.35. The number of fused-ring (bicyclic) bond motifs is 1. The van der Waals surface area contributed by atoms with Crippen LogP contribution in [0.2, 0.25) is 0 Å². The highest BCUT2D eigenvalue weighted by molar-refractivity contribution is 5.55. The van der Waals surface area contributed by atoms with Gasteiger partial charge in [-0.25, -0.2) is 0 Å². The Morgan fingerprint density at radius 1 is 1.39 bits per heavy atom. The molecule has 0 amide bonds. The first-order valence-electron chi connectivity index (χ1n) is 6.44. The number of methoxy groups -OCH3 is 1. The van der Waals surface area contributed by atoms with Crippen molar-refractivity contribution in [3.63, 3.8) is 0 Å². The van der Waals surface area contributed by atoms with Crippen molar-refractivity contribution in [3.05, 3.63) is 17.7 Å². The van der Waals surface area contributed by atoms with Crippen molar-refractivity contribution in [2.45, 2.75) is 32.7 Å². The molecule has 0 radical (unpaired) electrons. The molecule has 0 bridgehead atoms. The fourth-order valence-electron chi connectivity index (χ4n) is 2.16. The number of hydrogen-bond donors (Lipinski definition) is 1. The largest absolute Gasteiger partial charge is 0.493 e. The van der Waals surface area contributed by atoms with Crippen molar-refractivity contribution in [2.24, 2.45) is 0 Å². The molecule has 0 aliphatic carbocycles. The molecule has 4 heteroatoms. The van der Waals surface area contributed by atoms with Crippen molar-refractivity contribution in [3.8, 4) is 17.2 Å². The highest BCUT2D eigenvalue weighted by Gasteiger charge is 2.20. The zero-order valence-corrected chi connectivity index (χ0v) is 11.3. The third kappa shape index (κ3) is 2.88. The lowest BCUT2D eigenvalue weighted by Crippen LogP contribution is -2.25. The van der Waals surface area contributed by atoms with Gasteiger partial charge in [-0.1, -0.05) is 6.92 Å². The standard InChI is InChI=1S/C14H21NO3/c1-4-15-10(2)5-6-11-7-12(16-3)14-13(8-11)17-9-18-14/h7-8,10,15H,4-6,9H2,1-3H3.